The highest BCUT2D eigenvalue weighted by Gasteiger charge is 2.09. The van der Waals surface area contributed by atoms with Crippen molar-refractivity contribution < 1.29 is 14.1 Å². The maximum absolute atomic E-state index is 13.3. The number of nitro groups is 1. The Kier molecular flexibility index (Phi) is 4.13. The molecule has 7 heteroatoms. The van der Waals surface area contributed by atoms with E-state index in [2.05, 4.69) is 5.32 Å². The summed E-state index contributed by atoms with van der Waals surface area (Å²) in [7, 11) is 0. The molecule has 0 fully saturated rings. The van der Waals surface area contributed by atoms with Crippen LogP contribution in [0.1, 0.15) is 15.9 Å². The SMILES string of the molecule is NC(=O)c1cc(NCc2cccc([N+](=O)[O-])c2)ccc1F. The number of hydrogen-bond acceptors (Lipinski definition) is 4. The smallest absolute Gasteiger partial charge is 0.269 e. The standard InChI is InChI=1S/C14H12FN3O3/c15-13-5-4-10(7-12(13)14(16)19)17-8-9-2-1-3-11(6-9)18(20)21/h1-7,17H,8H2,(H2,16,19). The van der Waals surface area contributed by atoms with Gasteiger partial charge in [-0.15, -0.1) is 0 Å². The van der Waals surface area contributed by atoms with E-state index in [4.69, 9.17) is 5.73 Å². The molecule has 21 heavy (non-hydrogen) atoms. The van der Waals surface area contributed by atoms with Crippen LogP contribution in [0.4, 0.5) is 15.8 Å². The number of anilines is 1. The molecular formula is C14H12FN3O3. The molecule has 0 aliphatic heterocycles. The van der Waals surface area contributed by atoms with Gasteiger partial charge >= 0.3 is 0 Å². The molecule has 0 saturated carbocycles. The zero-order valence-corrected chi connectivity index (χ0v) is 10.9. The molecule has 108 valence electrons. The molecule has 3 N–H and O–H groups in total. The summed E-state index contributed by atoms with van der Waals surface area (Å²) in [4.78, 5) is 21.2. The topological polar surface area (TPSA) is 98.3 Å². The second kappa shape index (κ2) is 6.00. The van der Waals surface area contributed by atoms with Gasteiger partial charge < -0.3 is 11.1 Å². The minimum absolute atomic E-state index is 0.00812. The largest absolute Gasteiger partial charge is 0.381 e. The summed E-state index contributed by atoms with van der Waals surface area (Å²) in [5.41, 5.74) is 6.03. The Hall–Kier alpha value is -2.96. The summed E-state index contributed by atoms with van der Waals surface area (Å²) < 4.78 is 13.3. The van der Waals surface area contributed by atoms with Crippen LogP contribution in [-0.4, -0.2) is 10.8 Å². The molecule has 0 bridgehead atoms. The molecule has 0 aliphatic carbocycles. The Balaban J connectivity index is 2.13. The molecular weight excluding hydrogens is 277 g/mol. The maximum Gasteiger partial charge on any atom is 0.269 e. The van der Waals surface area contributed by atoms with E-state index < -0.39 is 16.6 Å². The highest BCUT2D eigenvalue weighted by Crippen LogP contribution is 2.17. The molecule has 1 amide bonds. The number of primary amides is 1. The summed E-state index contributed by atoms with van der Waals surface area (Å²) >= 11 is 0. The number of rotatable bonds is 5. The Morgan fingerprint density at radius 2 is 2.05 bits per heavy atom. The lowest BCUT2D eigenvalue weighted by molar-refractivity contribution is -0.384. The van der Waals surface area contributed by atoms with Crippen LogP contribution in [0.25, 0.3) is 0 Å². The van der Waals surface area contributed by atoms with Crippen molar-refractivity contribution in [1.29, 1.82) is 0 Å². The van der Waals surface area contributed by atoms with Crippen molar-refractivity contribution in [2.24, 2.45) is 5.73 Å². The monoisotopic (exact) mass is 289 g/mol. The Bertz CT molecular complexity index is 704. The molecule has 2 rings (SSSR count). The number of halogens is 1. The van der Waals surface area contributed by atoms with Gasteiger partial charge in [0.2, 0.25) is 0 Å². The molecule has 2 aromatic rings. The van der Waals surface area contributed by atoms with Crippen LogP contribution in [0.5, 0.6) is 0 Å². The van der Waals surface area contributed by atoms with Gasteiger partial charge in [-0.1, -0.05) is 12.1 Å². The van der Waals surface area contributed by atoms with E-state index >= 15 is 0 Å². The van der Waals surface area contributed by atoms with E-state index in [-0.39, 0.29) is 11.3 Å². The van der Waals surface area contributed by atoms with Crippen molar-refractivity contribution in [2.75, 3.05) is 5.32 Å². The first-order valence-electron chi connectivity index (χ1n) is 6.04. The van der Waals surface area contributed by atoms with Crippen molar-refractivity contribution in [2.45, 2.75) is 6.54 Å². The molecule has 0 heterocycles. The molecule has 0 spiro atoms. The van der Waals surface area contributed by atoms with Gasteiger partial charge in [0.15, 0.2) is 0 Å². The number of nitrogens with two attached hydrogens (primary N) is 1. The minimum Gasteiger partial charge on any atom is -0.381 e. The lowest BCUT2D eigenvalue weighted by Gasteiger charge is -2.08. The van der Waals surface area contributed by atoms with Crippen LogP contribution >= 0.6 is 0 Å². The third-order valence-electron chi connectivity index (χ3n) is 2.85. The van der Waals surface area contributed by atoms with E-state index in [9.17, 15) is 19.3 Å². The fourth-order valence-electron chi connectivity index (χ4n) is 1.81. The fourth-order valence-corrected chi connectivity index (χ4v) is 1.81. The number of carbonyl (C=O) groups excluding carboxylic acids is 1. The summed E-state index contributed by atoms with van der Waals surface area (Å²) in [6.45, 7) is 0.297. The minimum atomic E-state index is -0.855. The molecule has 0 aliphatic rings. The second-order valence-corrected chi connectivity index (χ2v) is 4.34. The Morgan fingerprint density at radius 3 is 2.71 bits per heavy atom. The Morgan fingerprint density at radius 1 is 1.29 bits per heavy atom. The first-order chi connectivity index (χ1) is 9.97. The van der Waals surface area contributed by atoms with E-state index in [1.165, 1.54) is 24.3 Å². The van der Waals surface area contributed by atoms with Gasteiger partial charge in [0, 0.05) is 24.4 Å². The van der Waals surface area contributed by atoms with Crippen LogP contribution in [-0.2, 0) is 6.54 Å². The van der Waals surface area contributed by atoms with Gasteiger partial charge in [0.1, 0.15) is 5.82 Å². The molecule has 0 radical (unpaired) electrons. The van der Waals surface area contributed by atoms with Gasteiger partial charge in [0.25, 0.3) is 11.6 Å². The van der Waals surface area contributed by atoms with Gasteiger partial charge in [-0.05, 0) is 23.8 Å². The third-order valence-corrected chi connectivity index (χ3v) is 2.85. The molecule has 0 aromatic heterocycles. The predicted molar refractivity (Wildman–Crippen MR) is 75.3 cm³/mol. The highest BCUT2D eigenvalue weighted by atomic mass is 19.1. The first-order valence-corrected chi connectivity index (χ1v) is 6.04. The van der Waals surface area contributed by atoms with Crippen molar-refractivity contribution in [3.8, 4) is 0 Å². The molecule has 2 aromatic carbocycles. The fraction of sp³-hybridized carbons (Fsp3) is 0.0714. The molecule has 0 atom stereocenters. The summed E-state index contributed by atoms with van der Waals surface area (Å²) in [5.74, 6) is -1.55. The lowest BCUT2D eigenvalue weighted by Crippen LogP contribution is -2.13. The zero-order valence-electron chi connectivity index (χ0n) is 10.9. The number of nitro benzene ring substituents is 1. The van der Waals surface area contributed by atoms with Crippen LogP contribution in [0, 0.1) is 15.9 Å². The number of non-ortho nitro benzene ring substituents is 1. The molecule has 6 nitrogen and oxygen atoms in total. The van der Waals surface area contributed by atoms with E-state index in [1.807, 2.05) is 0 Å². The van der Waals surface area contributed by atoms with Gasteiger partial charge in [-0.2, -0.15) is 0 Å². The van der Waals surface area contributed by atoms with E-state index in [0.29, 0.717) is 17.8 Å². The van der Waals surface area contributed by atoms with Crippen LogP contribution < -0.4 is 11.1 Å². The number of carbonyl (C=O) groups is 1. The number of amides is 1. The zero-order chi connectivity index (χ0) is 15.4. The summed E-state index contributed by atoms with van der Waals surface area (Å²) in [5, 5.41) is 13.6. The van der Waals surface area contributed by atoms with E-state index in [0.717, 1.165) is 6.07 Å². The average molecular weight is 289 g/mol. The van der Waals surface area contributed by atoms with Crippen LogP contribution in [0.15, 0.2) is 42.5 Å². The molecule has 0 saturated heterocycles. The number of benzene rings is 2. The van der Waals surface area contributed by atoms with Crippen molar-refractivity contribution in [1.82, 2.24) is 0 Å². The quantitative estimate of drug-likeness (QED) is 0.652. The average Bonchev–Trinajstić information content (AvgIpc) is 2.46. The number of nitrogens with one attached hydrogen (secondary N) is 1. The van der Waals surface area contributed by atoms with Crippen LogP contribution in [0.2, 0.25) is 0 Å². The summed E-state index contributed by atoms with van der Waals surface area (Å²) in [6.07, 6.45) is 0. The predicted octanol–water partition coefficient (Wildman–Crippen LogP) is 2.44. The van der Waals surface area contributed by atoms with Crippen LogP contribution in [0.3, 0.4) is 0 Å². The highest BCUT2D eigenvalue weighted by molar-refractivity contribution is 5.94. The number of nitrogens with zero attached hydrogens (tertiary/aromatic N) is 1. The maximum atomic E-state index is 13.3. The first kappa shape index (κ1) is 14.4. The van der Waals surface area contributed by atoms with Crippen molar-refractivity contribution in [3.05, 3.63) is 69.5 Å². The van der Waals surface area contributed by atoms with Crippen molar-refractivity contribution >= 4 is 17.3 Å². The van der Waals surface area contributed by atoms with Crippen molar-refractivity contribution in [3.63, 3.8) is 0 Å². The summed E-state index contributed by atoms with van der Waals surface area (Å²) in [6, 6.07) is 10.0. The van der Waals surface area contributed by atoms with Gasteiger partial charge in [-0.25, -0.2) is 4.39 Å². The second-order valence-electron chi connectivity index (χ2n) is 4.34. The Labute approximate surface area is 119 Å². The molecule has 0 unspecified atom stereocenters. The third kappa shape index (κ3) is 3.53. The van der Waals surface area contributed by atoms with Gasteiger partial charge in [-0.3, -0.25) is 14.9 Å². The normalized spacial score (nSPS) is 10.1. The lowest BCUT2D eigenvalue weighted by atomic mass is 10.1. The van der Waals surface area contributed by atoms with E-state index in [1.54, 1.807) is 12.1 Å². The van der Waals surface area contributed by atoms with Gasteiger partial charge in [0.05, 0.1) is 10.5 Å². The number of hydrogen-bond donors (Lipinski definition) is 2.